The summed E-state index contributed by atoms with van der Waals surface area (Å²) in [7, 11) is -4.44. The lowest BCUT2D eigenvalue weighted by Crippen LogP contribution is -2.41. The van der Waals surface area contributed by atoms with E-state index in [0.29, 0.717) is 0 Å². The van der Waals surface area contributed by atoms with Gasteiger partial charge in [0, 0.05) is 6.20 Å². The normalized spacial score (nSPS) is 40.5. The first-order valence-electron chi connectivity index (χ1n) is 5.69. The van der Waals surface area contributed by atoms with Crippen LogP contribution in [0.2, 0.25) is 0 Å². The van der Waals surface area contributed by atoms with Crippen molar-refractivity contribution in [3.63, 3.8) is 0 Å². The zero-order valence-corrected chi connectivity index (χ0v) is 10.9. The molecular formula is C9H11N3O7P-. The monoisotopic (exact) mass is 304 g/mol. The van der Waals surface area contributed by atoms with E-state index in [-0.39, 0.29) is 12.4 Å². The Hall–Kier alpha value is -1.29. The Labute approximate surface area is 112 Å². The van der Waals surface area contributed by atoms with Gasteiger partial charge in [-0.15, -0.1) is 0 Å². The van der Waals surface area contributed by atoms with Crippen LogP contribution in [0, 0.1) is 0 Å². The Bertz CT molecular complexity index is 634. The van der Waals surface area contributed by atoms with Crippen LogP contribution in [0.25, 0.3) is 0 Å². The van der Waals surface area contributed by atoms with Gasteiger partial charge in [-0.2, -0.15) is 4.98 Å². The lowest BCUT2D eigenvalue weighted by Gasteiger charge is -2.34. The summed E-state index contributed by atoms with van der Waals surface area (Å²) in [6, 6.07) is 1.36. The van der Waals surface area contributed by atoms with Crippen LogP contribution in [0.3, 0.4) is 0 Å². The van der Waals surface area contributed by atoms with Crippen LogP contribution < -0.4 is 16.3 Å². The van der Waals surface area contributed by atoms with Crippen molar-refractivity contribution in [1.29, 1.82) is 0 Å². The Balaban J connectivity index is 1.90. The molecule has 20 heavy (non-hydrogen) atoms. The molecule has 3 rings (SSSR count). The number of rotatable bonds is 1. The number of aromatic nitrogens is 2. The van der Waals surface area contributed by atoms with Gasteiger partial charge in [-0.05, 0) is 6.07 Å². The third kappa shape index (κ3) is 2.26. The number of fused-ring (bicyclic) bond motifs is 1. The number of nitrogen functional groups attached to an aromatic ring is 1. The number of ether oxygens (including phenoxy) is 1. The van der Waals surface area contributed by atoms with Gasteiger partial charge in [0.2, 0.25) is 0 Å². The fourth-order valence-corrected chi connectivity index (χ4v) is 3.13. The van der Waals surface area contributed by atoms with Gasteiger partial charge in [0.05, 0.1) is 6.61 Å². The summed E-state index contributed by atoms with van der Waals surface area (Å²) in [6.07, 6.45) is -3.09. The molecule has 2 aliphatic heterocycles. The van der Waals surface area contributed by atoms with E-state index in [1.807, 2.05) is 0 Å². The van der Waals surface area contributed by atoms with E-state index in [0.717, 1.165) is 4.57 Å². The standard InChI is InChI=1S/C9H12N3O7P/c10-5-1-2-12(9(14)11-5)8-6(13)7-4(18-8)3-17-20(15,16)19-7/h1-2,4,6-8,13H,3H2,(H,15,16)(H2,10,11,14)/p-1/t4-,6-,7-,8-/m1/s1. The molecule has 3 N–H and O–H groups in total. The number of nitrogens with two attached hydrogens (primary N) is 1. The van der Waals surface area contributed by atoms with Gasteiger partial charge in [0.25, 0.3) is 7.82 Å². The molecule has 110 valence electrons. The highest BCUT2D eigenvalue weighted by Gasteiger charge is 2.50. The van der Waals surface area contributed by atoms with Gasteiger partial charge in [-0.25, -0.2) is 4.79 Å². The largest absolute Gasteiger partial charge is 0.756 e. The molecule has 0 spiro atoms. The third-order valence-electron chi connectivity index (χ3n) is 3.08. The molecule has 1 aromatic rings. The first-order valence-corrected chi connectivity index (χ1v) is 7.16. The van der Waals surface area contributed by atoms with Crippen molar-refractivity contribution in [2.24, 2.45) is 0 Å². The van der Waals surface area contributed by atoms with Crippen LogP contribution in [0.15, 0.2) is 17.1 Å². The van der Waals surface area contributed by atoms with E-state index < -0.39 is 38.1 Å². The Kier molecular flexibility index (Phi) is 3.16. The van der Waals surface area contributed by atoms with Crippen molar-refractivity contribution in [2.75, 3.05) is 12.3 Å². The predicted molar refractivity (Wildman–Crippen MR) is 61.3 cm³/mol. The summed E-state index contributed by atoms with van der Waals surface area (Å²) >= 11 is 0. The number of nitrogens with zero attached hydrogens (tertiary/aromatic N) is 2. The summed E-state index contributed by atoms with van der Waals surface area (Å²) in [5, 5.41) is 10.1. The number of anilines is 1. The molecule has 0 amide bonds. The molecule has 1 aromatic heterocycles. The van der Waals surface area contributed by atoms with E-state index in [2.05, 4.69) is 14.0 Å². The van der Waals surface area contributed by atoms with Crippen LogP contribution in [0.5, 0.6) is 0 Å². The van der Waals surface area contributed by atoms with Gasteiger partial charge < -0.3 is 29.5 Å². The first-order chi connectivity index (χ1) is 9.37. The number of aliphatic hydroxyl groups is 1. The summed E-state index contributed by atoms with van der Waals surface area (Å²) in [6.45, 7) is -0.282. The fraction of sp³-hybridized carbons (Fsp3) is 0.556. The average Bonchev–Trinajstić information content (AvgIpc) is 2.66. The Morgan fingerprint density at radius 2 is 2.35 bits per heavy atom. The number of phosphoric ester groups is 1. The minimum Gasteiger partial charge on any atom is -0.756 e. The number of aliphatic hydroxyl groups excluding tert-OH is 1. The lowest BCUT2D eigenvalue weighted by atomic mass is 10.1. The zero-order chi connectivity index (χ0) is 14.5. The van der Waals surface area contributed by atoms with Crippen LogP contribution in [-0.2, 0) is 18.3 Å². The SMILES string of the molecule is Nc1ccn([C@@H]2O[C@@H]3COP(=O)([O-])O[C@H]3[C@H]2O)c(=O)n1. The molecule has 5 atom stereocenters. The molecular weight excluding hydrogens is 293 g/mol. The number of hydrogen-bond acceptors (Lipinski definition) is 9. The molecule has 2 fully saturated rings. The highest BCUT2D eigenvalue weighted by atomic mass is 31.2. The van der Waals surface area contributed by atoms with Gasteiger partial charge in [-0.3, -0.25) is 9.13 Å². The van der Waals surface area contributed by atoms with Crippen molar-refractivity contribution in [3.05, 3.63) is 22.7 Å². The molecule has 10 nitrogen and oxygen atoms in total. The van der Waals surface area contributed by atoms with Crippen molar-refractivity contribution in [3.8, 4) is 0 Å². The minimum absolute atomic E-state index is 0.0276. The van der Waals surface area contributed by atoms with Crippen LogP contribution in [0.4, 0.5) is 5.82 Å². The molecule has 2 aliphatic rings. The van der Waals surface area contributed by atoms with Gasteiger partial charge in [-0.1, -0.05) is 0 Å². The molecule has 0 aliphatic carbocycles. The van der Waals surface area contributed by atoms with Gasteiger partial charge in [0.1, 0.15) is 24.1 Å². The highest BCUT2D eigenvalue weighted by molar-refractivity contribution is 7.45. The van der Waals surface area contributed by atoms with E-state index in [1.165, 1.54) is 12.3 Å². The Morgan fingerprint density at radius 1 is 1.60 bits per heavy atom. The molecule has 0 radical (unpaired) electrons. The zero-order valence-electron chi connectivity index (χ0n) is 9.99. The first kappa shape index (κ1) is 13.7. The Morgan fingerprint density at radius 3 is 3.05 bits per heavy atom. The van der Waals surface area contributed by atoms with E-state index >= 15 is 0 Å². The summed E-state index contributed by atoms with van der Waals surface area (Å²) in [5.74, 6) is 0.0276. The summed E-state index contributed by atoms with van der Waals surface area (Å²) < 4.78 is 26.8. The van der Waals surface area contributed by atoms with Crippen LogP contribution in [-0.4, -0.2) is 39.6 Å². The quantitative estimate of drug-likeness (QED) is 0.560. The van der Waals surface area contributed by atoms with Crippen LogP contribution >= 0.6 is 7.82 Å². The van der Waals surface area contributed by atoms with E-state index in [4.69, 9.17) is 10.5 Å². The molecule has 0 bridgehead atoms. The topological polar surface area (TPSA) is 149 Å². The molecule has 3 heterocycles. The maximum absolute atomic E-state index is 11.7. The molecule has 1 unspecified atom stereocenters. The van der Waals surface area contributed by atoms with Crippen molar-refractivity contribution < 1.29 is 28.3 Å². The summed E-state index contributed by atoms with van der Waals surface area (Å²) in [4.78, 5) is 26.4. The van der Waals surface area contributed by atoms with Crippen molar-refractivity contribution in [2.45, 2.75) is 24.5 Å². The minimum atomic E-state index is -4.44. The number of phosphoric acid groups is 1. The lowest BCUT2D eigenvalue weighted by molar-refractivity contribution is -0.245. The second-order valence-corrected chi connectivity index (χ2v) is 5.77. The highest BCUT2D eigenvalue weighted by Crippen LogP contribution is 2.49. The van der Waals surface area contributed by atoms with Gasteiger partial charge >= 0.3 is 5.69 Å². The van der Waals surface area contributed by atoms with Crippen LogP contribution in [0.1, 0.15) is 6.23 Å². The van der Waals surface area contributed by atoms with E-state index in [9.17, 15) is 19.4 Å². The second kappa shape index (κ2) is 4.62. The molecule has 0 saturated carbocycles. The predicted octanol–water partition coefficient (Wildman–Crippen LogP) is -2.03. The van der Waals surface area contributed by atoms with Gasteiger partial charge in [0.15, 0.2) is 6.23 Å². The summed E-state index contributed by atoms with van der Waals surface area (Å²) in [5.41, 5.74) is 4.64. The second-order valence-electron chi connectivity index (χ2n) is 4.41. The molecule has 2 saturated heterocycles. The average molecular weight is 304 g/mol. The number of hydrogen-bond donors (Lipinski definition) is 2. The smallest absolute Gasteiger partial charge is 0.351 e. The maximum Gasteiger partial charge on any atom is 0.351 e. The maximum atomic E-state index is 11.7. The van der Waals surface area contributed by atoms with E-state index in [1.54, 1.807) is 0 Å². The van der Waals surface area contributed by atoms with Crippen molar-refractivity contribution >= 4 is 13.6 Å². The third-order valence-corrected chi connectivity index (χ3v) is 4.05. The molecule has 0 aromatic carbocycles. The van der Waals surface area contributed by atoms with Crippen molar-refractivity contribution in [1.82, 2.24) is 9.55 Å². The molecule has 11 heteroatoms. The fourth-order valence-electron chi connectivity index (χ4n) is 2.18.